The summed E-state index contributed by atoms with van der Waals surface area (Å²) >= 11 is 1.66. The Labute approximate surface area is 118 Å². The molecule has 1 saturated carbocycles. The Hall–Kier alpha value is -1.13. The van der Waals surface area contributed by atoms with Gasteiger partial charge in [-0.3, -0.25) is 0 Å². The Balaban J connectivity index is 1.77. The van der Waals surface area contributed by atoms with Crippen molar-refractivity contribution in [3.05, 3.63) is 29.0 Å². The molecule has 0 aliphatic heterocycles. The van der Waals surface area contributed by atoms with E-state index in [1.165, 1.54) is 6.42 Å². The second-order valence-electron chi connectivity index (χ2n) is 5.38. The number of nitrogens with zero attached hydrogens (tertiary/aromatic N) is 1. The molecular weight excluding hydrogens is 256 g/mol. The second-order valence-corrected chi connectivity index (χ2v) is 6.24. The van der Waals surface area contributed by atoms with Gasteiger partial charge in [0.25, 0.3) is 0 Å². The maximum atomic E-state index is 5.94. The summed E-state index contributed by atoms with van der Waals surface area (Å²) in [4.78, 5) is 4.67. The summed E-state index contributed by atoms with van der Waals surface area (Å²) in [7, 11) is 0. The van der Waals surface area contributed by atoms with Gasteiger partial charge >= 0.3 is 0 Å². The van der Waals surface area contributed by atoms with E-state index < -0.39 is 0 Å². The lowest BCUT2D eigenvalue weighted by Crippen LogP contribution is -2.17. The van der Waals surface area contributed by atoms with Crippen LogP contribution in [0.5, 0.6) is 0 Å². The van der Waals surface area contributed by atoms with Crippen LogP contribution in [0.3, 0.4) is 0 Å². The number of nitrogens with one attached hydrogen (secondary N) is 1. The minimum Gasteiger partial charge on any atom is -0.458 e. The maximum Gasteiger partial charge on any atom is 0.162 e. The maximum absolute atomic E-state index is 5.94. The van der Waals surface area contributed by atoms with E-state index in [1.54, 1.807) is 11.3 Å². The van der Waals surface area contributed by atoms with E-state index in [-0.39, 0.29) is 0 Å². The molecule has 3 nitrogen and oxygen atoms in total. The Kier molecular flexibility index (Phi) is 3.46. The Bertz CT molecular complexity index is 560. The zero-order chi connectivity index (χ0) is 13.4. The highest BCUT2D eigenvalue weighted by molar-refractivity contribution is 7.13. The number of hydrogen-bond donors (Lipinski definition) is 1. The molecule has 3 atom stereocenters. The lowest BCUT2D eigenvalue weighted by atomic mass is 10.2. The Morgan fingerprint density at radius 2 is 2.32 bits per heavy atom. The van der Waals surface area contributed by atoms with Gasteiger partial charge in [-0.25, -0.2) is 4.98 Å². The molecule has 102 valence electrons. The van der Waals surface area contributed by atoms with Crippen LogP contribution in [0, 0.1) is 5.92 Å². The second kappa shape index (κ2) is 5.10. The first-order valence-electron chi connectivity index (χ1n) is 6.98. The molecule has 1 aliphatic carbocycles. The fraction of sp³-hybridized carbons (Fsp3) is 0.533. The van der Waals surface area contributed by atoms with Crippen LogP contribution >= 0.6 is 11.3 Å². The number of hydrogen-bond acceptors (Lipinski definition) is 4. The normalized spacial score (nSPS) is 23.5. The van der Waals surface area contributed by atoms with Crippen molar-refractivity contribution in [2.45, 2.75) is 39.2 Å². The van der Waals surface area contributed by atoms with E-state index in [1.807, 2.05) is 0 Å². The number of thiazole rings is 1. The van der Waals surface area contributed by atoms with Crippen LogP contribution in [0.4, 0.5) is 0 Å². The van der Waals surface area contributed by atoms with Crippen molar-refractivity contribution in [2.75, 3.05) is 6.54 Å². The van der Waals surface area contributed by atoms with E-state index in [9.17, 15) is 0 Å². The molecule has 0 radical (unpaired) electrons. The van der Waals surface area contributed by atoms with Crippen molar-refractivity contribution in [3.8, 4) is 10.8 Å². The lowest BCUT2D eigenvalue weighted by Gasteiger charge is -2.07. The molecular formula is C15H20N2OS. The molecule has 0 bridgehead atoms. The number of rotatable bonds is 5. The molecule has 0 spiro atoms. The molecule has 1 N–H and O–H groups in total. The first-order chi connectivity index (χ1) is 9.19. The predicted molar refractivity (Wildman–Crippen MR) is 78.4 cm³/mol. The molecule has 3 unspecified atom stereocenters. The van der Waals surface area contributed by atoms with E-state index in [0.29, 0.717) is 12.0 Å². The standard InChI is InChI=1S/C15H20N2OS/c1-4-16-10(3)12-8-19-15(17-12)14-6-5-13(18-14)11-7-9(11)2/h5-6,8-11,16H,4,7H2,1-3H3. The van der Waals surface area contributed by atoms with Crippen LogP contribution in [0.1, 0.15) is 50.6 Å². The SMILES string of the molecule is CCNC(C)c1csc(-c2ccc(C3CC3C)o2)n1. The third kappa shape index (κ3) is 2.60. The van der Waals surface area contributed by atoms with Crippen LogP contribution < -0.4 is 5.32 Å². The van der Waals surface area contributed by atoms with Gasteiger partial charge in [0, 0.05) is 17.3 Å². The molecule has 2 aromatic heterocycles. The first-order valence-corrected chi connectivity index (χ1v) is 7.86. The van der Waals surface area contributed by atoms with Crippen LogP contribution in [0.2, 0.25) is 0 Å². The summed E-state index contributed by atoms with van der Waals surface area (Å²) in [5.74, 6) is 3.45. The van der Waals surface area contributed by atoms with E-state index in [2.05, 4.69) is 48.6 Å². The van der Waals surface area contributed by atoms with E-state index >= 15 is 0 Å². The predicted octanol–water partition coefficient (Wildman–Crippen LogP) is 4.20. The molecule has 2 heterocycles. The van der Waals surface area contributed by atoms with Crippen LogP contribution in [-0.2, 0) is 0 Å². The van der Waals surface area contributed by atoms with E-state index in [4.69, 9.17) is 4.42 Å². The van der Waals surface area contributed by atoms with Gasteiger partial charge in [0.15, 0.2) is 10.8 Å². The topological polar surface area (TPSA) is 38.1 Å². The zero-order valence-electron chi connectivity index (χ0n) is 11.6. The molecule has 0 saturated heterocycles. The van der Waals surface area contributed by atoms with Gasteiger partial charge in [-0.15, -0.1) is 11.3 Å². The van der Waals surface area contributed by atoms with Gasteiger partial charge in [0.05, 0.1) is 5.69 Å². The van der Waals surface area contributed by atoms with Crippen molar-refractivity contribution in [1.29, 1.82) is 0 Å². The zero-order valence-corrected chi connectivity index (χ0v) is 12.5. The largest absolute Gasteiger partial charge is 0.458 e. The summed E-state index contributed by atoms with van der Waals surface area (Å²) in [5.41, 5.74) is 1.10. The highest BCUT2D eigenvalue weighted by Gasteiger charge is 2.36. The van der Waals surface area contributed by atoms with Gasteiger partial charge in [-0.2, -0.15) is 0 Å². The highest BCUT2D eigenvalue weighted by Crippen LogP contribution is 2.48. The summed E-state index contributed by atoms with van der Waals surface area (Å²) < 4.78 is 5.94. The first kappa shape index (κ1) is 12.9. The fourth-order valence-electron chi connectivity index (χ4n) is 2.39. The Morgan fingerprint density at radius 3 is 3.00 bits per heavy atom. The molecule has 1 aliphatic rings. The molecule has 1 fully saturated rings. The quantitative estimate of drug-likeness (QED) is 0.889. The van der Waals surface area contributed by atoms with Crippen molar-refractivity contribution in [3.63, 3.8) is 0 Å². The fourth-order valence-corrected chi connectivity index (χ4v) is 3.27. The van der Waals surface area contributed by atoms with Crippen molar-refractivity contribution < 1.29 is 4.42 Å². The minimum absolute atomic E-state index is 0.299. The average molecular weight is 276 g/mol. The minimum atomic E-state index is 0.299. The summed E-state index contributed by atoms with van der Waals surface area (Å²) in [5, 5.41) is 6.48. The van der Waals surface area contributed by atoms with Gasteiger partial charge in [0.2, 0.25) is 0 Å². The third-order valence-corrected chi connectivity index (χ3v) is 4.66. The van der Waals surface area contributed by atoms with Crippen molar-refractivity contribution in [2.24, 2.45) is 5.92 Å². The average Bonchev–Trinajstić information content (AvgIpc) is 2.89. The summed E-state index contributed by atoms with van der Waals surface area (Å²) in [6, 6.07) is 4.46. The van der Waals surface area contributed by atoms with E-state index in [0.717, 1.165) is 34.7 Å². The van der Waals surface area contributed by atoms with Crippen molar-refractivity contribution in [1.82, 2.24) is 10.3 Å². The molecule has 3 rings (SSSR count). The Morgan fingerprint density at radius 1 is 1.53 bits per heavy atom. The molecule has 2 aromatic rings. The lowest BCUT2D eigenvalue weighted by molar-refractivity contribution is 0.517. The smallest absolute Gasteiger partial charge is 0.162 e. The highest BCUT2D eigenvalue weighted by atomic mass is 32.1. The third-order valence-electron chi connectivity index (χ3n) is 3.79. The van der Waals surface area contributed by atoms with Gasteiger partial charge in [0.1, 0.15) is 5.76 Å². The molecule has 4 heteroatoms. The van der Waals surface area contributed by atoms with Crippen LogP contribution in [0.15, 0.2) is 21.9 Å². The van der Waals surface area contributed by atoms with Crippen LogP contribution in [-0.4, -0.2) is 11.5 Å². The van der Waals surface area contributed by atoms with Crippen molar-refractivity contribution >= 4 is 11.3 Å². The number of aromatic nitrogens is 1. The van der Waals surface area contributed by atoms with Gasteiger partial charge < -0.3 is 9.73 Å². The monoisotopic (exact) mass is 276 g/mol. The van der Waals surface area contributed by atoms with Crippen LogP contribution in [0.25, 0.3) is 10.8 Å². The summed E-state index contributed by atoms with van der Waals surface area (Å²) in [6.07, 6.45) is 1.26. The molecule has 0 aromatic carbocycles. The van der Waals surface area contributed by atoms with Gasteiger partial charge in [-0.05, 0) is 37.9 Å². The molecule has 19 heavy (non-hydrogen) atoms. The summed E-state index contributed by atoms with van der Waals surface area (Å²) in [6.45, 7) is 7.48. The molecule has 0 amide bonds. The van der Waals surface area contributed by atoms with Gasteiger partial charge in [-0.1, -0.05) is 13.8 Å². The number of furan rings is 1.